The maximum Gasteiger partial charge on any atom is 0.220 e. The summed E-state index contributed by atoms with van der Waals surface area (Å²) in [6.07, 6.45) is 22.1. The Morgan fingerprint density at radius 2 is 1.42 bits per heavy atom. The van der Waals surface area contributed by atoms with E-state index in [1.165, 1.54) is 70.6 Å². The molecule has 0 bridgehead atoms. The Balaban J connectivity index is 3.17. The van der Waals surface area contributed by atoms with Gasteiger partial charge in [0.15, 0.2) is 0 Å². The third kappa shape index (κ3) is 18.9. The molecule has 1 N–H and O–H groups in total. The molecule has 0 radical (unpaired) electrons. The molecule has 0 atom stereocenters. The molecular formula is C21H40N2O. The number of rotatable bonds is 18. The second-order valence-corrected chi connectivity index (χ2v) is 6.63. The van der Waals surface area contributed by atoms with E-state index in [4.69, 9.17) is 0 Å². The van der Waals surface area contributed by atoms with E-state index >= 15 is 0 Å². The smallest absolute Gasteiger partial charge is 0.220 e. The highest BCUT2D eigenvalue weighted by Gasteiger charge is 1.99. The molecular weight excluding hydrogens is 296 g/mol. The van der Waals surface area contributed by atoms with E-state index < -0.39 is 0 Å². The molecule has 3 heteroatoms. The van der Waals surface area contributed by atoms with Gasteiger partial charge < -0.3 is 5.32 Å². The van der Waals surface area contributed by atoms with Crippen LogP contribution in [0.2, 0.25) is 0 Å². The minimum absolute atomic E-state index is 0.149. The lowest BCUT2D eigenvalue weighted by atomic mass is 10.1. The number of allylic oxidation sites excluding steroid dienone is 2. The van der Waals surface area contributed by atoms with Gasteiger partial charge in [-0.1, -0.05) is 70.4 Å². The molecule has 0 heterocycles. The van der Waals surface area contributed by atoms with Gasteiger partial charge in [0.25, 0.3) is 0 Å². The lowest BCUT2D eigenvalue weighted by Gasteiger charge is -2.03. The van der Waals surface area contributed by atoms with Crippen LogP contribution in [0, 0.1) is 0 Å². The van der Waals surface area contributed by atoms with Crippen LogP contribution in [0.3, 0.4) is 0 Å². The predicted octanol–water partition coefficient (Wildman–Crippen LogP) is 5.84. The molecule has 0 aliphatic carbocycles. The molecule has 0 fully saturated rings. The molecule has 0 saturated carbocycles. The molecule has 0 unspecified atom stereocenters. The lowest BCUT2D eigenvalue weighted by molar-refractivity contribution is -0.121. The lowest BCUT2D eigenvalue weighted by Crippen LogP contribution is -2.25. The van der Waals surface area contributed by atoms with E-state index in [1.807, 2.05) is 0 Å². The van der Waals surface area contributed by atoms with E-state index in [-0.39, 0.29) is 5.91 Å². The van der Waals surface area contributed by atoms with Crippen LogP contribution >= 0.6 is 0 Å². The van der Waals surface area contributed by atoms with Gasteiger partial charge >= 0.3 is 0 Å². The van der Waals surface area contributed by atoms with Crippen molar-refractivity contribution in [3.8, 4) is 0 Å². The van der Waals surface area contributed by atoms with Crippen molar-refractivity contribution in [2.45, 2.75) is 96.8 Å². The van der Waals surface area contributed by atoms with Crippen LogP contribution in [0.4, 0.5) is 0 Å². The van der Waals surface area contributed by atoms with Crippen molar-refractivity contribution in [1.82, 2.24) is 5.32 Å². The van der Waals surface area contributed by atoms with Gasteiger partial charge in [0.1, 0.15) is 0 Å². The number of carbonyl (C=O) groups excluding carboxylic acids is 1. The molecule has 0 aromatic heterocycles. The Morgan fingerprint density at radius 1 is 0.875 bits per heavy atom. The molecule has 24 heavy (non-hydrogen) atoms. The van der Waals surface area contributed by atoms with Gasteiger partial charge in [-0.3, -0.25) is 9.79 Å². The van der Waals surface area contributed by atoms with Crippen molar-refractivity contribution >= 4 is 12.6 Å². The second kappa shape index (κ2) is 19.9. The summed E-state index contributed by atoms with van der Waals surface area (Å²) < 4.78 is 0. The molecule has 0 aromatic carbocycles. The standard InChI is InChI=1S/C21H40N2O/c1-3-4-5-6-7-8-9-10-11-12-13-14-15-16-17-18-21(24)23-20-19-22-2/h10-11H,2-9,12-20H2,1H3,(H,23,24)/b11-10-. The average Bonchev–Trinajstić information content (AvgIpc) is 2.58. The molecule has 0 rings (SSSR count). The van der Waals surface area contributed by atoms with Gasteiger partial charge in [-0.2, -0.15) is 0 Å². The van der Waals surface area contributed by atoms with Crippen LogP contribution in [0.25, 0.3) is 0 Å². The molecule has 3 nitrogen and oxygen atoms in total. The van der Waals surface area contributed by atoms with E-state index in [0.29, 0.717) is 19.5 Å². The van der Waals surface area contributed by atoms with Gasteiger partial charge in [-0.05, 0) is 38.8 Å². The number of carbonyl (C=O) groups is 1. The number of nitrogens with one attached hydrogen (secondary N) is 1. The molecule has 0 aliphatic rings. The van der Waals surface area contributed by atoms with Gasteiger partial charge in [-0.25, -0.2) is 0 Å². The van der Waals surface area contributed by atoms with Crippen molar-refractivity contribution < 1.29 is 4.79 Å². The fourth-order valence-corrected chi connectivity index (χ4v) is 2.72. The summed E-state index contributed by atoms with van der Waals surface area (Å²) in [7, 11) is 0. The van der Waals surface area contributed by atoms with Gasteiger partial charge in [0, 0.05) is 13.0 Å². The first-order valence-corrected chi connectivity index (χ1v) is 10.2. The molecule has 140 valence electrons. The normalized spacial score (nSPS) is 11.0. The van der Waals surface area contributed by atoms with E-state index in [0.717, 1.165) is 12.8 Å². The van der Waals surface area contributed by atoms with Crippen molar-refractivity contribution in [3.05, 3.63) is 12.2 Å². The van der Waals surface area contributed by atoms with Crippen LogP contribution in [0.1, 0.15) is 96.8 Å². The zero-order valence-corrected chi connectivity index (χ0v) is 16.0. The maximum atomic E-state index is 11.5. The number of aliphatic imine (C=N–C) groups is 1. The average molecular weight is 337 g/mol. The van der Waals surface area contributed by atoms with Crippen molar-refractivity contribution in [2.75, 3.05) is 13.1 Å². The first kappa shape index (κ1) is 22.9. The van der Waals surface area contributed by atoms with Crippen LogP contribution in [-0.2, 0) is 4.79 Å². The van der Waals surface area contributed by atoms with Gasteiger partial charge in [-0.15, -0.1) is 0 Å². The monoisotopic (exact) mass is 336 g/mol. The molecule has 0 spiro atoms. The first-order valence-electron chi connectivity index (χ1n) is 10.2. The fraction of sp³-hybridized carbons (Fsp3) is 0.810. The van der Waals surface area contributed by atoms with Crippen molar-refractivity contribution in [1.29, 1.82) is 0 Å². The van der Waals surface area contributed by atoms with E-state index in [2.05, 4.69) is 36.1 Å². The Morgan fingerprint density at radius 3 is 2.00 bits per heavy atom. The molecule has 1 amide bonds. The zero-order chi connectivity index (χ0) is 17.7. The number of amides is 1. The van der Waals surface area contributed by atoms with Crippen LogP contribution in [0.5, 0.6) is 0 Å². The second-order valence-electron chi connectivity index (χ2n) is 6.63. The van der Waals surface area contributed by atoms with Crippen LogP contribution in [-0.4, -0.2) is 25.7 Å². The zero-order valence-electron chi connectivity index (χ0n) is 16.0. The predicted molar refractivity (Wildman–Crippen MR) is 107 cm³/mol. The largest absolute Gasteiger partial charge is 0.354 e. The first-order chi connectivity index (χ1) is 11.8. The summed E-state index contributed by atoms with van der Waals surface area (Å²) >= 11 is 0. The minimum Gasteiger partial charge on any atom is -0.354 e. The Hall–Kier alpha value is -1.12. The van der Waals surface area contributed by atoms with E-state index in [1.54, 1.807) is 0 Å². The van der Waals surface area contributed by atoms with Crippen LogP contribution in [0.15, 0.2) is 17.1 Å². The summed E-state index contributed by atoms with van der Waals surface area (Å²) in [5.74, 6) is 0.149. The Labute approximate surface area is 150 Å². The summed E-state index contributed by atoms with van der Waals surface area (Å²) in [5, 5.41) is 2.85. The SMILES string of the molecule is C=NCCNC(=O)CCCCCCC/C=C\CCCCCCCC. The summed E-state index contributed by atoms with van der Waals surface area (Å²) in [6.45, 7) is 6.89. The number of hydrogen-bond donors (Lipinski definition) is 1. The molecule has 0 aromatic rings. The Bertz CT molecular complexity index is 313. The van der Waals surface area contributed by atoms with Gasteiger partial charge in [0.05, 0.1) is 6.54 Å². The van der Waals surface area contributed by atoms with Crippen molar-refractivity contribution in [3.63, 3.8) is 0 Å². The molecule has 0 aliphatic heterocycles. The topological polar surface area (TPSA) is 41.5 Å². The third-order valence-corrected chi connectivity index (χ3v) is 4.26. The minimum atomic E-state index is 0.149. The quantitative estimate of drug-likeness (QED) is 0.191. The third-order valence-electron chi connectivity index (χ3n) is 4.26. The Kier molecular flexibility index (Phi) is 19.0. The van der Waals surface area contributed by atoms with Gasteiger partial charge in [0.2, 0.25) is 5.91 Å². The highest BCUT2D eigenvalue weighted by atomic mass is 16.1. The highest BCUT2D eigenvalue weighted by Crippen LogP contribution is 2.09. The van der Waals surface area contributed by atoms with E-state index in [9.17, 15) is 4.79 Å². The van der Waals surface area contributed by atoms with Crippen LogP contribution < -0.4 is 5.32 Å². The summed E-state index contributed by atoms with van der Waals surface area (Å²) in [4.78, 5) is 15.2. The fourth-order valence-electron chi connectivity index (χ4n) is 2.72. The molecule has 0 saturated heterocycles. The maximum absolute atomic E-state index is 11.5. The number of unbranched alkanes of at least 4 members (excludes halogenated alkanes) is 11. The number of nitrogens with zero attached hydrogens (tertiary/aromatic N) is 1. The number of hydrogen-bond acceptors (Lipinski definition) is 2. The van der Waals surface area contributed by atoms with Crippen molar-refractivity contribution in [2.24, 2.45) is 4.99 Å². The summed E-state index contributed by atoms with van der Waals surface area (Å²) in [6, 6.07) is 0. The summed E-state index contributed by atoms with van der Waals surface area (Å²) in [5.41, 5.74) is 0. The highest BCUT2D eigenvalue weighted by molar-refractivity contribution is 5.75.